The van der Waals surface area contributed by atoms with E-state index in [0.29, 0.717) is 32.6 Å². The van der Waals surface area contributed by atoms with Crippen molar-refractivity contribution < 1.29 is 13.2 Å². The molecule has 0 saturated carbocycles. The molecule has 140 valence electrons. The van der Waals surface area contributed by atoms with Gasteiger partial charge >= 0.3 is 0 Å². The zero-order valence-corrected chi connectivity index (χ0v) is 16.2. The number of guanidine groups is 1. The van der Waals surface area contributed by atoms with Crippen LogP contribution in [0.25, 0.3) is 0 Å². The molecule has 1 aromatic rings. The maximum Gasteiger partial charge on any atom is 0.194 e. The van der Waals surface area contributed by atoms with Gasteiger partial charge in [0, 0.05) is 39.6 Å². The van der Waals surface area contributed by atoms with Gasteiger partial charge in [-0.1, -0.05) is 30.3 Å². The number of nitrogens with one attached hydrogen (secondary N) is 1. The lowest BCUT2D eigenvalue weighted by molar-refractivity contribution is 0.0767. The molecule has 7 heteroatoms. The third-order valence-electron chi connectivity index (χ3n) is 4.67. The van der Waals surface area contributed by atoms with Crippen LogP contribution in [0.2, 0.25) is 0 Å². The fourth-order valence-corrected chi connectivity index (χ4v) is 4.22. The summed E-state index contributed by atoms with van der Waals surface area (Å²) < 4.78 is 29.3. The Morgan fingerprint density at radius 3 is 2.48 bits per heavy atom. The second-order valence-electron chi connectivity index (χ2n) is 6.58. The number of rotatable bonds is 6. The zero-order valence-electron chi connectivity index (χ0n) is 15.4. The normalized spacial score (nSPS) is 18.0. The first kappa shape index (κ1) is 19.7. The molecule has 0 amide bonds. The van der Waals surface area contributed by atoms with E-state index < -0.39 is 14.6 Å². The van der Waals surface area contributed by atoms with E-state index in [1.54, 1.807) is 0 Å². The summed E-state index contributed by atoms with van der Waals surface area (Å²) >= 11 is 0. The molecule has 1 fully saturated rings. The van der Waals surface area contributed by atoms with Gasteiger partial charge in [-0.05, 0) is 25.3 Å². The van der Waals surface area contributed by atoms with E-state index in [1.807, 2.05) is 37.1 Å². The van der Waals surface area contributed by atoms with Crippen LogP contribution in [-0.2, 0) is 21.1 Å². The summed E-state index contributed by atoms with van der Waals surface area (Å²) in [4.78, 5) is 6.69. The highest BCUT2D eigenvalue weighted by Gasteiger charge is 2.42. The van der Waals surface area contributed by atoms with Crippen LogP contribution >= 0.6 is 0 Å². The third-order valence-corrected chi connectivity index (χ3v) is 6.78. The highest BCUT2D eigenvalue weighted by atomic mass is 32.2. The summed E-state index contributed by atoms with van der Waals surface area (Å²) in [5.74, 6) is 0.723. The Bertz CT molecular complexity index is 668. The second kappa shape index (κ2) is 8.67. The van der Waals surface area contributed by atoms with Crippen molar-refractivity contribution in [1.29, 1.82) is 0 Å². The van der Waals surface area contributed by atoms with Gasteiger partial charge in [0.15, 0.2) is 15.8 Å². The summed E-state index contributed by atoms with van der Waals surface area (Å²) in [5, 5.41) is 3.26. The van der Waals surface area contributed by atoms with Crippen LogP contribution in [0, 0.1) is 0 Å². The summed E-state index contributed by atoms with van der Waals surface area (Å²) in [6, 6.07) is 10.1. The predicted octanol–water partition coefficient (Wildman–Crippen LogP) is 1.68. The van der Waals surface area contributed by atoms with Gasteiger partial charge in [0.1, 0.15) is 0 Å². The average Bonchev–Trinajstić information content (AvgIpc) is 2.59. The maximum absolute atomic E-state index is 12.4. The molecule has 0 bridgehead atoms. The third kappa shape index (κ3) is 5.19. The summed E-state index contributed by atoms with van der Waals surface area (Å²) in [6.07, 6.45) is 2.31. The standard InChI is InChI=1S/C18H29N3O3S/c1-4-19-17(21(2)14-16-8-6-5-7-9-16)20-15-18(25(3,22)23)10-12-24-13-11-18/h5-9H,4,10-15H2,1-3H3,(H,19,20). The van der Waals surface area contributed by atoms with Gasteiger partial charge in [-0.2, -0.15) is 0 Å². The summed E-state index contributed by atoms with van der Waals surface area (Å²) in [6.45, 7) is 4.65. The summed E-state index contributed by atoms with van der Waals surface area (Å²) in [5.41, 5.74) is 1.18. The molecule has 25 heavy (non-hydrogen) atoms. The lowest BCUT2D eigenvalue weighted by Crippen LogP contribution is -2.47. The van der Waals surface area contributed by atoms with Crippen molar-refractivity contribution >= 4 is 15.8 Å². The molecule has 0 unspecified atom stereocenters. The molecule has 6 nitrogen and oxygen atoms in total. The Morgan fingerprint density at radius 2 is 1.92 bits per heavy atom. The van der Waals surface area contributed by atoms with Crippen molar-refractivity contribution in [2.24, 2.45) is 4.99 Å². The number of hydrogen-bond acceptors (Lipinski definition) is 4. The van der Waals surface area contributed by atoms with Gasteiger partial charge in [0.05, 0.1) is 11.3 Å². The van der Waals surface area contributed by atoms with Crippen LogP contribution in [0.3, 0.4) is 0 Å². The Morgan fingerprint density at radius 1 is 1.28 bits per heavy atom. The first-order valence-electron chi connectivity index (χ1n) is 8.69. The van der Waals surface area contributed by atoms with E-state index in [0.717, 1.165) is 12.5 Å². The molecular weight excluding hydrogens is 338 g/mol. The van der Waals surface area contributed by atoms with Crippen LogP contribution in [0.15, 0.2) is 35.3 Å². The van der Waals surface area contributed by atoms with Crippen LogP contribution < -0.4 is 5.32 Å². The van der Waals surface area contributed by atoms with E-state index in [4.69, 9.17) is 4.74 Å². The zero-order chi connectivity index (χ0) is 18.3. The number of ether oxygens (including phenoxy) is 1. The fourth-order valence-electron chi connectivity index (χ4n) is 3.01. The quantitative estimate of drug-likeness (QED) is 0.612. The first-order chi connectivity index (χ1) is 11.9. The number of sulfone groups is 1. The van der Waals surface area contributed by atoms with E-state index in [9.17, 15) is 8.42 Å². The minimum atomic E-state index is -3.22. The molecule has 1 N–H and O–H groups in total. The van der Waals surface area contributed by atoms with Gasteiger partial charge in [-0.25, -0.2) is 8.42 Å². The maximum atomic E-state index is 12.4. The molecule has 1 aromatic carbocycles. The largest absolute Gasteiger partial charge is 0.381 e. The molecule has 1 heterocycles. The molecule has 0 atom stereocenters. The van der Waals surface area contributed by atoms with Crippen molar-refractivity contribution in [2.45, 2.75) is 31.1 Å². The highest BCUT2D eigenvalue weighted by Crippen LogP contribution is 2.29. The predicted molar refractivity (Wildman–Crippen MR) is 102 cm³/mol. The van der Waals surface area contributed by atoms with Gasteiger partial charge in [0.2, 0.25) is 0 Å². The Labute approximate surface area is 151 Å². The van der Waals surface area contributed by atoms with E-state index in [-0.39, 0.29) is 6.54 Å². The SMILES string of the molecule is CCNC(=NCC1(S(C)(=O)=O)CCOCC1)N(C)Cc1ccccc1. The fraction of sp³-hybridized carbons (Fsp3) is 0.611. The van der Waals surface area contributed by atoms with Crippen molar-refractivity contribution in [2.75, 3.05) is 39.6 Å². The smallest absolute Gasteiger partial charge is 0.194 e. The number of benzene rings is 1. The number of aliphatic imine (C=N–C) groups is 1. The van der Waals surface area contributed by atoms with E-state index >= 15 is 0 Å². The van der Waals surface area contributed by atoms with Gasteiger partial charge < -0.3 is 15.0 Å². The molecule has 0 aliphatic carbocycles. The van der Waals surface area contributed by atoms with Gasteiger partial charge in [-0.15, -0.1) is 0 Å². The Kier molecular flexibility index (Phi) is 6.84. The molecule has 0 radical (unpaired) electrons. The minimum Gasteiger partial charge on any atom is -0.381 e. The highest BCUT2D eigenvalue weighted by molar-refractivity contribution is 7.92. The van der Waals surface area contributed by atoms with E-state index in [1.165, 1.54) is 11.8 Å². The first-order valence-corrected chi connectivity index (χ1v) is 10.6. The van der Waals surface area contributed by atoms with E-state index in [2.05, 4.69) is 22.4 Å². The molecule has 1 aliphatic rings. The molecule has 2 rings (SSSR count). The summed E-state index contributed by atoms with van der Waals surface area (Å²) in [7, 11) is -1.25. The van der Waals surface area contributed by atoms with Crippen LogP contribution in [0.4, 0.5) is 0 Å². The van der Waals surface area contributed by atoms with Crippen molar-refractivity contribution in [3.8, 4) is 0 Å². The molecule has 1 saturated heterocycles. The average molecular weight is 368 g/mol. The van der Waals surface area contributed by atoms with Crippen molar-refractivity contribution in [3.05, 3.63) is 35.9 Å². The molecular formula is C18H29N3O3S. The van der Waals surface area contributed by atoms with Crippen LogP contribution in [-0.4, -0.2) is 63.6 Å². The lowest BCUT2D eigenvalue weighted by Gasteiger charge is -2.34. The monoisotopic (exact) mass is 367 g/mol. The van der Waals surface area contributed by atoms with Gasteiger partial charge in [0.25, 0.3) is 0 Å². The second-order valence-corrected chi connectivity index (χ2v) is 8.99. The topological polar surface area (TPSA) is 71.0 Å². The van der Waals surface area contributed by atoms with Crippen LogP contribution in [0.5, 0.6) is 0 Å². The van der Waals surface area contributed by atoms with Gasteiger partial charge in [-0.3, -0.25) is 4.99 Å². The number of nitrogens with zero attached hydrogens (tertiary/aromatic N) is 2. The Balaban J connectivity index is 2.17. The molecule has 0 spiro atoms. The Hall–Kier alpha value is -1.60. The molecule has 0 aromatic heterocycles. The minimum absolute atomic E-state index is 0.261. The van der Waals surface area contributed by atoms with Crippen molar-refractivity contribution in [1.82, 2.24) is 10.2 Å². The van der Waals surface area contributed by atoms with Crippen molar-refractivity contribution in [3.63, 3.8) is 0 Å². The number of hydrogen-bond donors (Lipinski definition) is 1. The lowest BCUT2D eigenvalue weighted by atomic mass is 9.99. The van der Waals surface area contributed by atoms with Crippen LogP contribution in [0.1, 0.15) is 25.3 Å². The molecule has 1 aliphatic heterocycles.